The lowest BCUT2D eigenvalue weighted by Gasteiger charge is -2.20. The highest BCUT2D eigenvalue weighted by Gasteiger charge is 2.03. The van der Waals surface area contributed by atoms with Crippen molar-refractivity contribution in [3.8, 4) is 0 Å². The van der Waals surface area contributed by atoms with Gasteiger partial charge in [-0.1, -0.05) is 13.3 Å². The maximum atomic E-state index is 11.2. The standard InChI is InChI=1S/C13H28N2O2/c1-5-6-10-17-13(16)11-14-8-7-9-15(4)12(2)3/h12,14H,5-11H2,1-4H3. The van der Waals surface area contributed by atoms with Crippen molar-refractivity contribution in [3.05, 3.63) is 0 Å². The van der Waals surface area contributed by atoms with Gasteiger partial charge in [0.2, 0.25) is 0 Å². The average molecular weight is 244 g/mol. The number of rotatable bonds is 10. The van der Waals surface area contributed by atoms with Gasteiger partial charge in [0, 0.05) is 6.04 Å². The van der Waals surface area contributed by atoms with Crippen molar-refractivity contribution in [2.24, 2.45) is 0 Å². The number of hydrogen-bond donors (Lipinski definition) is 1. The lowest BCUT2D eigenvalue weighted by molar-refractivity contribution is -0.142. The summed E-state index contributed by atoms with van der Waals surface area (Å²) in [5.74, 6) is -0.143. The van der Waals surface area contributed by atoms with Crippen LogP contribution in [0.4, 0.5) is 0 Å². The highest BCUT2D eigenvalue weighted by atomic mass is 16.5. The molecule has 0 heterocycles. The lowest BCUT2D eigenvalue weighted by atomic mass is 10.3. The van der Waals surface area contributed by atoms with Crippen LogP contribution in [0.1, 0.15) is 40.0 Å². The van der Waals surface area contributed by atoms with Crippen LogP contribution in [0.3, 0.4) is 0 Å². The van der Waals surface area contributed by atoms with E-state index in [-0.39, 0.29) is 5.97 Å². The quantitative estimate of drug-likeness (QED) is 0.469. The first-order valence-corrected chi connectivity index (χ1v) is 6.64. The average Bonchev–Trinajstić information content (AvgIpc) is 2.28. The first kappa shape index (κ1) is 16.4. The van der Waals surface area contributed by atoms with Crippen molar-refractivity contribution in [2.45, 2.75) is 46.1 Å². The molecule has 4 nitrogen and oxygen atoms in total. The molecule has 0 aromatic rings. The van der Waals surface area contributed by atoms with E-state index in [2.05, 4.69) is 38.0 Å². The lowest BCUT2D eigenvalue weighted by Crippen LogP contribution is -2.31. The topological polar surface area (TPSA) is 41.6 Å². The van der Waals surface area contributed by atoms with Crippen LogP contribution < -0.4 is 5.32 Å². The molecule has 0 fully saturated rings. The molecule has 0 atom stereocenters. The van der Waals surface area contributed by atoms with Gasteiger partial charge >= 0.3 is 5.97 Å². The summed E-state index contributed by atoms with van der Waals surface area (Å²) in [5, 5.41) is 3.11. The van der Waals surface area contributed by atoms with E-state index >= 15 is 0 Å². The summed E-state index contributed by atoms with van der Waals surface area (Å²) >= 11 is 0. The molecule has 4 heteroatoms. The van der Waals surface area contributed by atoms with Gasteiger partial charge in [-0.2, -0.15) is 0 Å². The Bertz CT molecular complexity index is 196. The second-order valence-electron chi connectivity index (χ2n) is 4.68. The number of nitrogens with zero attached hydrogens (tertiary/aromatic N) is 1. The minimum atomic E-state index is -0.143. The van der Waals surface area contributed by atoms with E-state index in [1.807, 2.05) is 0 Å². The Morgan fingerprint density at radius 2 is 2.06 bits per heavy atom. The van der Waals surface area contributed by atoms with Crippen molar-refractivity contribution in [1.82, 2.24) is 10.2 Å². The molecule has 0 radical (unpaired) electrons. The van der Waals surface area contributed by atoms with Crippen molar-refractivity contribution in [3.63, 3.8) is 0 Å². The van der Waals surface area contributed by atoms with E-state index in [4.69, 9.17) is 4.74 Å². The summed E-state index contributed by atoms with van der Waals surface area (Å²) in [6.45, 7) is 9.23. The molecule has 0 aromatic heterocycles. The monoisotopic (exact) mass is 244 g/mol. The molecule has 0 saturated heterocycles. The molecule has 1 N–H and O–H groups in total. The summed E-state index contributed by atoms with van der Waals surface area (Å²) in [4.78, 5) is 13.5. The maximum Gasteiger partial charge on any atom is 0.319 e. The molecule has 0 aliphatic carbocycles. The number of carbonyl (C=O) groups is 1. The van der Waals surface area contributed by atoms with E-state index in [1.165, 1.54) is 0 Å². The second-order valence-corrected chi connectivity index (χ2v) is 4.68. The van der Waals surface area contributed by atoms with E-state index in [0.717, 1.165) is 32.4 Å². The molecule has 0 aliphatic heterocycles. The summed E-state index contributed by atoms with van der Waals surface area (Å²) in [6.07, 6.45) is 3.06. The molecular formula is C13H28N2O2. The fraction of sp³-hybridized carbons (Fsp3) is 0.923. The molecule has 17 heavy (non-hydrogen) atoms. The second kappa shape index (κ2) is 10.5. The number of ether oxygens (including phenoxy) is 1. The molecule has 0 unspecified atom stereocenters. The van der Waals surface area contributed by atoms with Crippen LogP contribution in [0, 0.1) is 0 Å². The minimum Gasteiger partial charge on any atom is -0.465 e. The van der Waals surface area contributed by atoms with Crippen LogP contribution in [-0.4, -0.2) is 50.2 Å². The normalized spacial score (nSPS) is 11.2. The highest BCUT2D eigenvalue weighted by molar-refractivity contribution is 5.71. The summed E-state index contributed by atoms with van der Waals surface area (Å²) in [7, 11) is 2.11. The molecule has 0 amide bonds. The van der Waals surface area contributed by atoms with Gasteiger partial charge < -0.3 is 15.0 Å². The third kappa shape index (κ3) is 10.3. The number of hydrogen-bond acceptors (Lipinski definition) is 4. The molecule has 0 bridgehead atoms. The van der Waals surface area contributed by atoms with Crippen LogP contribution >= 0.6 is 0 Å². The third-order valence-corrected chi connectivity index (χ3v) is 2.78. The Kier molecular flexibility index (Phi) is 10.2. The Morgan fingerprint density at radius 3 is 2.65 bits per heavy atom. The SMILES string of the molecule is CCCCOC(=O)CNCCCN(C)C(C)C. The zero-order chi connectivity index (χ0) is 13.1. The van der Waals surface area contributed by atoms with Crippen LogP contribution in [0.5, 0.6) is 0 Å². The van der Waals surface area contributed by atoms with Crippen LogP contribution in [0.25, 0.3) is 0 Å². The van der Waals surface area contributed by atoms with E-state index in [1.54, 1.807) is 0 Å². The fourth-order valence-corrected chi connectivity index (χ4v) is 1.28. The number of unbranched alkanes of at least 4 members (excludes halogenated alkanes) is 1. The fourth-order valence-electron chi connectivity index (χ4n) is 1.28. The van der Waals surface area contributed by atoms with Gasteiger partial charge in [-0.15, -0.1) is 0 Å². The number of nitrogens with one attached hydrogen (secondary N) is 1. The molecule has 0 rings (SSSR count). The molecule has 0 spiro atoms. The third-order valence-electron chi connectivity index (χ3n) is 2.78. The predicted molar refractivity (Wildman–Crippen MR) is 71.1 cm³/mol. The summed E-state index contributed by atoms with van der Waals surface area (Å²) in [5.41, 5.74) is 0. The first-order valence-electron chi connectivity index (χ1n) is 6.64. The van der Waals surface area contributed by atoms with Gasteiger partial charge in [0.25, 0.3) is 0 Å². The number of carbonyl (C=O) groups excluding carboxylic acids is 1. The van der Waals surface area contributed by atoms with Crippen LogP contribution in [-0.2, 0) is 9.53 Å². The largest absolute Gasteiger partial charge is 0.465 e. The Labute approximate surface area is 106 Å². The Morgan fingerprint density at radius 1 is 1.35 bits per heavy atom. The maximum absolute atomic E-state index is 11.2. The Balaban J connectivity index is 3.30. The van der Waals surface area contributed by atoms with Gasteiger partial charge in [-0.25, -0.2) is 0 Å². The Hall–Kier alpha value is -0.610. The first-order chi connectivity index (χ1) is 8.07. The van der Waals surface area contributed by atoms with Crippen LogP contribution in [0.15, 0.2) is 0 Å². The van der Waals surface area contributed by atoms with Gasteiger partial charge in [0.1, 0.15) is 0 Å². The predicted octanol–water partition coefficient (Wildman–Crippen LogP) is 1.65. The van der Waals surface area contributed by atoms with Crippen LogP contribution in [0.2, 0.25) is 0 Å². The minimum absolute atomic E-state index is 0.143. The molecule has 0 aromatic carbocycles. The van der Waals surface area contributed by atoms with Crippen molar-refractivity contribution >= 4 is 5.97 Å². The smallest absolute Gasteiger partial charge is 0.319 e. The van der Waals surface area contributed by atoms with E-state index in [0.29, 0.717) is 19.2 Å². The van der Waals surface area contributed by atoms with E-state index < -0.39 is 0 Å². The van der Waals surface area contributed by atoms with E-state index in [9.17, 15) is 4.79 Å². The van der Waals surface area contributed by atoms with Gasteiger partial charge in [-0.3, -0.25) is 4.79 Å². The van der Waals surface area contributed by atoms with Crippen molar-refractivity contribution < 1.29 is 9.53 Å². The van der Waals surface area contributed by atoms with Gasteiger partial charge in [0.15, 0.2) is 0 Å². The number of esters is 1. The molecule has 102 valence electrons. The summed E-state index contributed by atoms with van der Waals surface area (Å²) < 4.78 is 5.04. The zero-order valence-corrected chi connectivity index (χ0v) is 11.8. The van der Waals surface area contributed by atoms with Gasteiger partial charge in [-0.05, 0) is 46.8 Å². The summed E-state index contributed by atoms with van der Waals surface area (Å²) in [6, 6.07) is 0.578. The molecule has 0 saturated carbocycles. The van der Waals surface area contributed by atoms with Crippen molar-refractivity contribution in [1.29, 1.82) is 0 Å². The molecular weight excluding hydrogens is 216 g/mol. The van der Waals surface area contributed by atoms with Gasteiger partial charge in [0.05, 0.1) is 13.2 Å². The highest BCUT2D eigenvalue weighted by Crippen LogP contribution is 1.94. The zero-order valence-electron chi connectivity index (χ0n) is 11.8. The van der Waals surface area contributed by atoms with Crippen molar-refractivity contribution in [2.75, 3.05) is 33.3 Å². The molecule has 0 aliphatic rings.